The Kier molecular flexibility index (Phi) is 4.19. The van der Waals surface area contributed by atoms with E-state index < -0.39 is 0 Å². The topological polar surface area (TPSA) is 73.4 Å². The number of nitrogens with two attached hydrogens (primary N) is 1. The molecule has 6 heteroatoms. The number of hydrogen-bond acceptors (Lipinski definition) is 4. The lowest BCUT2D eigenvalue weighted by molar-refractivity contribution is -0.132. The molecule has 2 rings (SSSR count). The van der Waals surface area contributed by atoms with E-state index >= 15 is 0 Å². The van der Waals surface area contributed by atoms with Crippen LogP contribution in [0.1, 0.15) is 13.3 Å². The summed E-state index contributed by atoms with van der Waals surface area (Å²) >= 11 is 0. The van der Waals surface area contributed by atoms with Gasteiger partial charge in [0.15, 0.2) is 0 Å². The highest BCUT2D eigenvalue weighted by Gasteiger charge is 2.21. The number of hydrogen-bond donors (Lipinski definition) is 1. The predicted molar refractivity (Wildman–Crippen MR) is 67.8 cm³/mol. The molecule has 0 aromatic carbocycles. The molecule has 0 saturated carbocycles. The molecular formula is C12H20N4O2. The Labute approximate surface area is 107 Å². The first kappa shape index (κ1) is 12.9. The van der Waals surface area contributed by atoms with Crippen molar-refractivity contribution in [2.24, 2.45) is 5.92 Å². The molecule has 100 valence electrons. The van der Waals surface area contributed by atoms with E-state index in [0.29, 0.717) is 18.3 Å². The van der Waals surface area contributed by atoms with Crippen LogP contribution in [-0.2, 0) is 16.1 Å². The van der Waals surface area contributed by atoms with Crippen molar-refractivity contribution in [1.82, 2.24) is 14.7 Å². The maximum atomic E-state index is 12.1. The third-order valence-corrected chi connectivity index (χ3v) is 3.20. The number of likely N-dealkylation sites (N-methyl/N-ethyl adjacent to an activating group) is 1. The molecule has 1 aromatic rings. The third-order valence-electron chi connectivity index (χ3n) is 3.20. The van der Waals surface area contributed by atoms with Crippen molar-refractivity contribution in [2.45, 2.75) is 19.9 Å². The van der Waals surface area contributed by atoms with Gasteiger partial charge in [0, 0.05) is 31.8 Å². The fraction of sp³-hybridized carbons (Fsp3) is 0.667. The van der Waals surface area contributed by atoms with Gasteiger partial charge in [-0.15, -0.1) is 0 Å². The van der Waals surface area contributed by atoms with E-state index in [0.717, 1.165) is 26.2 Å². The zero-order chi connectivity index (χ0) is 13.0. The molecule has 2 N–H and O–H groups in total. The average Bonchev–Trinajstić information content (AvgIpc) is 2.97. The predicted octanol–water partition coefficient (Wildman–Crippen LogP) is 0.350. The summed E-state index contributed by atoms with van der Waals surface area (Å²) in [6.07, 6.45) is 2.76. The van der Waals surface area contributed by atoms with E-state index in [2.05, 4.69) is 5.10 Å². The zero-order valence-corrected chi connectivity index (χ0v) is 10.7. The van der Waals surface area contributed by atoms with Gasteiger partial charge in [-0.1, -0.05) is 0 Å². The van der Waals surface area contributed by atoms with Crippen LogP contribution < -0.4 is 5.73 Å². The van der Waals surface area contributed by atoms with E-state index in [1.807, 2.05) is 11.8 Å². The van der Waals surface area contributed by atoms with Crippen LogP contribution in [0.15, 0.2) is 12.3 Å². The number of nitrogens with zero attached hydrogens (tertiary/aromatic N) is 3. The number of rotatable bonds is 5. The lowest BCUT2D eigenvalue weighted by atomic mass is 10.1. The number of ether oxygens (including phenoxy) is 1. The molecule has 1 saturated heterocycles. The van der Waals surface area contributed by atoms with Crippen LogP contribution in [0.4, 0.5) is 5.82 Å². The molecule has 1 aliphatic rings. The van der Waals surface area contributed by atoms with Gasteiger partial charge in [-0.2, -0.15) is 5.10 Å². The van der Waals surface area contributed by atoms with Crippen molar-refractivity contribution in [2.75, 3.05) is 32.0 Å². The summed E-state index contributed by atoms with van der Waals surface area (Å²) in [5.74, 6) is 0.985. The molecule has 18 heavy (non-hydrogen) atoms. The monoisotopic (exact) mass is 252 g/mol. The highest BCUT2D eigenvalue weighted by Crippen LogP contribution is 2.14. The number of nitrogen functional groups attached to an aromatic ring is 1. The molecule has 0 spiro atoms. The van der Waals surface area contributed by atoms with Crippen LogP contribution >= 0.6 is 0 Å². The summed E-state index contributed by atoms with van der Waals surface area (Å²) in [6, 6.07) is 1.69. The highest BCUT2D eigenvalue weighted by atomic mass is 16.5. The molecule has 1 atom stereocenters. The van der Waals surface area contributed by atoms with Crippen LogP contribution in [0.5, 0.6) is 0 Å². The fourth-order valence-electron chi connectivity index (χ4n) is 2.15. The van der Waals surface area contributed by atoms with Crippen LogP contribution in [-0.4, -0.2) is 46.9 Å². The van der Waals surface area contributed by atoms with Gasteiger partial charge < -0.3 is 15.4 Å². The smallest absolute Gasteiger partial charge is 0.244 e. The van der Waals surface area contributed by atoms with Gasteiger partial charge in [0.2, 0.25) is 5.91 Å². The molecule has 0 radical (unpaired) electrons. The van der Waals surface area contributed by atoms with E-state index in [-0.39, 0.29) is 12.5 Å². The molecule has 2 heterocycles. The molecule has 1 unspecified atom stereocenters. The van der Waals surface area contributed by atoms with E-state index in [1.54, 1.807) is 16.9 Å². The van der Waals surface area contributed by atoms with E-state index in [1.165, 1.54) is 0 Å². The Morgan fingerprint density at radius 2 is 2.56 bits per heavy atom. The van der Waals surface area contributed by atoms with E-state index in [9.17, 15) is 4.79 Å². The molecule has 1 amide bonds. The number of amides is 1. The van der Waals surface area contributed by atoms with Crippen molar-refractivity contribution in [3.05, 3.63) is 12.3 Å². The zero-order valence-electron chi connectivity index (χ0n) is 10.7. The third kappa shape index (κ3) is 3.22. The molecule has 0 aliphatic carbocycles. The second-order valence-electron chi connectivity index (χ2n) is 4.60. The Hall–Kier alpha value is -1.56. The minimum Gasteiger partial charge on any atom is -0.382 e. The SMILES string of the molecule is CCN(CC1CCOC1)C(=O)Cn1ccc(N)n1. The van der Waals surface area contributed by atoms with E-state index in [4.69, 9.17) is 10.5 Å². The summed E-state index contributed by atoms with van der Waals surface area (Å²) < 4.78 is 6.91. The molecule has 6 nitrogen and oxygen atoms in total. The molecule has 1 aliphatic heterocycles. The minimum absolute atomic E-state index is 0.0764. The van der Waals surface area contributed by atoms with Gasteiger partial charge in [0.05, 0.1) is 6.61 Å². The van der Waals surface area contributed by atoms with Gasteiger partial charge in [-0.3, -0.25) is 9.48 Å². The van der Waals surface area contributed by atoms with Gasteiger partial charge >= 0.3 is 0 Å². The molecular weight excluding hydrogens is 232 g/mol. The lowest BCUT2D eigenvalue weighted by Gasteiger charge is -2.23. The van der Waals surface area contributed by atoms with Crippen molar-refractivity contribution in [1.29, 1.82) is 0 Å². The second kappa shape index (κ2) is 5.86. The first-order valence-corrected chi connectivity index (χ1v) is 6.33. The maximum Gasteiger partial charge on any atom is 0.244 e. The van der Waals surface area contributed by atoms with Crippen LogP contribution in [0, 0.1) is 5.92 Å². The van der Waals surface area contributed by atoms with Crippen molar-refractivity contribution in [3.8, 4) is 0 Å². The summed E-state index contributed by atoms with van der Waals surface area (Å²) in [7, 11) is 0. The first-order valence-electron chi connectivity index (χ1n) is 6.33. The van der Waals surface area contributed by atoms with Crippen LogP contribution in [0.25, 0.3) is 0 Å². The Balaban J connectivity index is 1.88. The quantitative estimate of drug-likeness (QED) is 0.820. The standard InChI is InChI=1S/C12H20N4O2/c1-2-15(7-10-4-6-18-9-10)12(17)8-16-5-3-11(13)14-16/h3,5,10H,2,4,6-9H2,1H3,(H2,13,14). The number of carbonyl (C=O) groups is 1. The van der Waals surface area contributed by atoms with Crippen LogP contribution in [0.2, 0.25) is 0 Å². The largest absolute Gasteiger partial charge is 0.382 e. The van der Waals surface area contributed by atoms with Crippen molar-refractivity contribution < 1.29 is 9.53 Å². The Bertz CT molecular complexity index is 399. The van der Waals surface area contributed by atoms with Gasteiger partial charge in [-0.25, -0.2) is 0 Å². The lowest BCUT2D eigenvalue weighted by Crippen LogP contribution is -2.37. The first-order chi connectivity index (χ1) is 8.69. The summed E-state index contributed by atoms with van der Waals surface area (Å²) in [5.41, 5.74) is 5.52. The summed E-state index contributed by atoms with van der Waals surface area (Å²) in [6.45, 7) is 5.30. The average molecular weight is 252 g/mol. The van der Waals surface area contributed by atoms with Gasteiger partial charge in [-0.05, 0) is 19.4 Å². The second-order valence-corrected chi connectivity index (χ2v) is 4.60. The van der Waals surface area contributed by atoms with Gasteiger partial charge in [0.25, 0.3) is 0 Å². The van der Waals surface area contributed by atoms with Crippen molar-refractivity contribution >= 4 is 11.7 Å². The highest BCUT2D eigenvalue weighted by molar-refractivity contribution is 5.75. The summed E-state index contributed by atoms with van der Waals surface area (Å²) in [4.78, 5) is 14.0. The Morgan fingerprint density at radius 1 is 1.72 bits per heavy atom. The number of anilines is 1. The minimum atomic E-state index is 0.0764. The molecule has 0 bridgehead atoms. The molecule has 1 aromatic heterocycles. The summed E-state index contributed by atoms with van der Waals surface area (Å²) in [5, 5.41) is 4.02. The van der Waals surface area contributed by atoms with Crippen molar-refractivity contribution in [3.63, 3.8) is 0 Å². The molecule has 1 fully saturated rings. The Morgan fingerprint density at radius 3 is 3.11 bits per heavy atom. The number of carbonyl (C=O) groups excluding carboxylic acids is 1. The number of aromatic nitrogens is 2. The van der Waals surface area contributed by atoms with Gasteiger partial charge in [0.1, 0.15) is 12.4 Å². The fourth-order valence-corrected chi connectivity index (χ4v) is 2.15. The van der Waals surface area contributed by atoms with Crippen LogP contribution in [0.3, 0.4) is 0 Å². The normalized spacial score (nSPS) is 19.1. The maximum absolute atomic E-state index is 12.1.